The number of aryl methyl sites for hydroxylation is 1. The van der Waals surface area contributed by atoms with Crippen molar-refractivity contribution in [2.45, 2.75) is 23.8 Å². The second-order valence-corrected chi connectivity index (χ2v) is 7.49. The van der Waals surface area contributed by atoms with Crippen molar-refractivity contribution < 1.29 is 22.1 Å². The quantitative estimate of drug-likeness (QED) is 0.755. The third-order valence-electron chi connectivity index (χ3n) is 3.90. The van der Waals surface area contributed by atoms with E-state index >= 15 is 0 Å². The Bertz CT molecular complexity index is 1070. The second kappa shape index (κ2) is 6.72. The number of amides is 1. The number of aromatic nitrogens is 1. The van der Waals surface area contributed by atoms with Crippen LogP contribution in [0.2, 0.25) is 0 Å². The Morgan fingerprint density at radius 3 is 2.31 bits per heavy atom. The Kier molecular flexibility index (Phi) is 4.60. The minimum atomic E-state index is -3.85. The van der Waals surface area contributed by atoms with Gasteiger partial charge in [0.2, 0.25) is 9.84 Å². The highest BCUT2D eigenvalue weighted by atomic mass is 32.2. The highest BCUT2D eigenvalue weighted by Crippen LogP contribution is 2.26. The molecule has 0 aliphatic heterocycles. The number of hydrogen-bond acceptors (Lipinski definition) is 5. The number of nitrogens with one attached hydrogen (secondary N) is 1. The summed E-state index contributed by atoms with van der Waals surface area (Å²) >= 11 is 0. The third kappa shape index (κ3) is 3.23. The second-order valence-electron chi connectivity index (χ2n) is 5.64. The van der Waals surface area contributed by atoms with Crippen LogP contribution in [0.25, 0.3) is 0 Å². The number of benzene rings is 2. The molecule has 3 rings (SSSR count). The first kappa shape index (κ1) is 17.8. The zero-order chi connectivity index (χ0) is 18.9. The Hall–Kier alpha value is -3.00. The molecule has 0 saturated heterocycles. The van der Waals surface area contributed by atoms with Crippen LogP contribution in [0.5, 0.6) is 0 Å². The number of halogens is 1. The van der Waals surface area contributed by atoms with Gasteiger partial charge in [0.15, 0.2) is 0 Å². The van der Waals surface area contributed by atoms with E-state index in [1.54, 1.807) is 19.9 Å². The first-order valence-electron chi connectivity index (χ1n) is 7.64. The van der Waals surface area contributed by atoms with Gasteiger partial charge >= 0.3 is 0 Å². The van der Waals surface area contributed by atoms with Crippen molar-refractivity contribution in [1.29, 1.82) is 0 Å². The summed E-state index contributed by atoms with van der Waals surface area (Å²) in [6.45, 7) is 3.26. The largest absolute Gasteiger partial charge is 0.344 e. The van der Waals surface area contributed by atoms with Crippen molar-refractivity contribution in [1.82, 2.24) is 5.16 Å². The summed E-state index contributed by atoms with van der Waals surface area (Å²) < 4.78 is 43.8. The zero-order valence-electron chi connectivity index (χ0n) is 14.0. The van der Waals surface area contributed by atoms with Crippen molar-refractivity contribution in [3.05, 3.63) is 71.2 Å². The van der Waals surface area contributed by atoms with Crippen molar-refractivity contribution in [3.63, 3.8) is 0 Å². The topological polar surface area (TPSA) is 89.3 Å². The smallest absolute Gasteiger partial charge is 0.258 e. The lowest BCUT2D eigenvalue weighted by Gasteiger charge is -2.07. The molecule has 0 saturated carbocycles. The van der Waals surface area contributed by atoms with E-state index in [1.165, 1.54) is 42.5 Å². The van der Waals surface area contributed by atoms with Gasteiger partial charge in [0.1, 0.15) is 5.82 Å². The number of rotatable bonds is 4. The molecule has 8 heteroatoms. The molecule has 0 spiro atoms. The van der Waals surface area contributed by atoms with Gasteiger partial charge in [-0.3, -0.25) is 4.79 Å². The summed E-state index contributed by atoms with van der Waals surface area (Å²) in [4.78, 5) is 12.1. The van der Waals surface area contributed by atoms with Crippen LogP contribution in [0, 0.1) is 19.7 Å². The Balaban J connectivity index is 1.84. The molecule has 134 valence electrons. The third-order valence-corrected chi connectivity index (χ3v) is 5.66. The fraction of sp³-hybridized carbons (Fsp3) is 0.111. The molecule has 1 heterocycles. The van der Waals surface area contributed by atoms with Gasteiger partial charge in [-0.1, -0.05) is 17.3 Å². The van der Waals surface area contributed by atoms with Crippen LogP contribution in [-0.4, -0.2) is 19.5 Å². The molecule has 0 aliphatic rings. The molecule has 0 unspecified atom stereocenters. The van der Waals surface area contributed by atoms with E-state index in [1.807, 2.05) is 0 Å². The molecule has 3 aromatic rings. The number of hydrogen-bond donors (Lipinski definition) is 1. The molecular weight excluding hydrogens is 359 g/mol. The highest BCUT2D eigenvalue weighted by molar-refractivity contribution is 7.91. The molecule has 0 atom stereocenters. The van der Waals surface area contributed by atoms with E-state index in [9.17, 15) is 17.6 Å². The van der Waals surface area contributed by atoms with Gasteiger partial charge in [0.25, 0.3) is 11.0 Å². The van der Waals surface area contributed by atoms with Crippen LogP contribution in [0.1, 0.15) is 21.6 Å². The number of nitrogens with zero attached hydrogens (tertiary/aromatic N) is 1. The lowest BCUT2D eigenvalue weighted by Crippen LogP contribution is -2.13. The van der Waals surface area contributed by atoms with E-state index in [-0.39, 0.29) is 15.6 Å². The number of anilines is 1. The van der Waals surface area contributed by atoms with Crippen LogP contribution in [-0.2, 0) is 9.84 Å². The predicted octanol–water partition coefficient (Wildman–Crippen LogP) is 3.52. The van der Waals surface area contributed by atoms with Gasteiger partial charge in [0, 0.05) is 11.3 Å². The molecule has 6 nitrogen and oxygen atoms in total. The highest BCUT2D eigenvalue weighted by Gasteiger charge is 2.26. The molecule has 26 heavy (non-hydrogen) atoms. The average molecular weight is 374 g/mol. The molecular formula is C18H15FN2O4S. The number of carbonyl (C=O) groups excluding carboxylic acids is 1. The van der Waals surface area contributed by atoms with E-state index < -0.39 is 21.6 Å². The molecule has 1 amide bonds. The molecule has 1 N–H and O–H groups in total. The summed E-state index contributed by atoms with van der Waals surface area (Å²) in [6.07, 6.45) is 0. The van der Waals surface area contributed by atoms with Crippen molar-refractivity contribution in [3.8, 4) is 0 Å². The van der Waals surface area contributed by atoms with Gasteiger partial charge in [-0.15, -0.1) is 0 Å². The van der Waals surface area contributed by atoms with Gasteiger partial charge < -0.3 is 9.84 Å². The maximum Gasteiger partial charge on any atom is 0.258 e. The molecule has 0 bridgehead atoms. The van der Waals surface area contributed by atoms with E-state index in [0.717, 1.165) is 0 Å². The van der Waals surface area contributed by atoms with Crippen molar-refractivity contribution in [2.75, 3.05) is 5.32 Å². The van der Waals surface area contributed by atoms with Crippen LogP contribution in [0.15, 0.2) is 63.0 Å². The standard InChI is InChI=1S/C18H15FN2O4S/c1-11-12(2)21-25-18(11)26(23,24)14-9-7-13(8-10-14)20-17(22)15-5-3-4-6-16(15)19/h3-10H,1-2H3,(H,20,22). The Labute approximate surface area is 149 Å². The van der Waals surface area contributed by atoms with Gasteiger partial charge in [-0.2, -0.15) is 0 Å². The normalized spacial score (nSPS) is 11.3. The first-order chi connectivity index (χ1) is 12.3. The molecule has 1 aromatic heterocycles. The summed E-state index contributed by atoms with van der Waals surface area (Å²) in [7, 11) is -3.85. The van der Waals surface area contributed by atoms with Crippen molar-refractivity contribution >= 4 is 21.4 Å². The lowest BCUT2D eigenvalue weighted by molar-refractivity contribution is 0.102. The fourth-order valence-electron chi connectivity index (χ4n) is 2.31. The minimum Gasteiger partial charge on any atom is -0.344 e. The summed E-state index contributed by atoms with van der Waals surface area (Å²) in [5, 5.41) is 5.97. The summed E-state index contributed by atoms with van der Waals surface area (Å²) in [6, 6.07) is 11.1. The molecule has 0 radical (unpaired) electrons. The molecule has 0 fully saturated rings. The molecule has 0 aliphatic carbocycles. The van der Waals surface area contributed by atoms with Crippen LogP contribution in [0.4, 0.5) is 10.1 Å². The number of sulfone groups is 1. The van der Waals surface area contributed by atoms with Crippen LogP contribution < -0.4 is 5.32 Å². The van der Waals surface area contributed by atoms with Crippen LogP contribution in [0.3, 0.4) is 0 Å². The van der Waals surface area contributed by atoms with Gasteiger partial charge in [0.05, 0.1) is 16.2 Å². The SMILES string of the molecule is Cc1noc(S(=O)(=O)c2ccc(NC(=O)c3ccccc3F)cc2)c1C. The number of carbonyl (C=O) groups is 1. The minimum absolute atomic E-state index is 0.000593. The Morgan fingerprint density at radius 2 is 1.73 bits per heavy atom. The van der Waals surface area contributed by atoms with E-state index in [0.29, 0.717) is 16.9 Å². The van der Waals surface area contributed by atoms with Gasteiger partial charge in [-0.05, 0) is 50.2 Å². The lowest BCUT2D eigenvalue weighted by atomic mass is 10.2. The maximum absolute atomic E-state index is 13.6. The predicted molar refractivity (Wildman–Crippen MR) is 92.2 cm³/mol. The fourth-order valence-corrected chi connectivity index (χ4v) is 3.71. The van der Waals surface area contributed by atoms with Gasteiger partial charge in [-0.25, -0.2) is 12.8 Å². The van der Waals surface area contributed by atoms with Crippen LogP contribution >= 0.6 is 0 Å². The van der Waals surface area contributed by atoms with E-state index in [4.69, 9.17) is 4.52 Å². The zero-order valence-corrected chi connectivity index (χ0v) is 14.8. The Morgan fingerprint density at radius 1 is 1.08 bits per heavy atom. The summed E-state index contributed by atoms with van der Waals surface area (Å²) in [5.41, 5.74) is 1.18. The molecule has 2 aromatic carbocycles. The average Bonchev–Trinajstić information content (AvgIpc) is 2.95. The first-order valence-corrected chi connectivity index (χ1v) is 9.13. The van der Waals surface area contributed by atoms with Crippen molar-refractivity contribution in [2.24, 2.45) is 0 Å². The maximum atomic E-state index is 13.6. The summed E-state index contributed by atoms with van der Waals surface area (Å²) in [5.74, 6) is -1.26. The monoisotopic (exact) mass is 374 g/mol. The van der Waals surface area contributed by atoms with E-state index in [2.05, 4.69) is 10.5 Å².